The Kier molecular flexibility index (Phi) is 4.87. The van der Waals surface area contributed by atoms with Gasteiger partial charge in [0.2, 0.25) is 6.41 Å². The Morgan fingerprint density at radius 3 is 2.79 bits per heavy atom. The van der Waals surface area contributed by atoms with E-state index in [0.717, 1.165) is 0 Å². The molecule has 1 fully saturated rings. The third-order valence-electron chi connectivity index (χ3n) is 4.80. The van der Waals surface area contributed by atoms with Crippen molar-refractivity contribution < 1.29 is 24.9 Å². The number of carbonyl (C=O) groups is 1. The molecular formula is C16H20N8O5. The molecule has 154 valence electrons. The number of rotatable bonds is 6. The van der Waals surface area contributed by atoms with Crippen LogP contribution in [-0.2, 0) is 9.53 Å². The van der Waals surface area contributed by atoms with Crippen molar-refractivity contribution in [1.82, 2.24) is 29.3 Å². The van der Waals surface area contributed by atoms with E-state index in [9.17, 15) is 20.1 Å². The first-order valence-corrected chi connectivity index (χ1v) is 8.88. The Morgan fingerprint density at radius 1 is 1.34 bits per heavy atom. The smallest absolute Gasteiger partial charge is 0.254 e. The second-order valence-electron chi connectivity index (χ2n) is 6.50. The van der Waals surface area contributed by atoms with Crippen molar-refractivity contribution in [3.05, 3.63) is 18.7 Å². The van der Waals surface area contributed by atoms with Gasteiger partial charge in [-0.1, -0.05) is 0 Å². The van der Waals surface area contributed by atoms with E-state index in [2.05, 4.69) is 20.1 Å². The third kappa shape index (κ3) is 3.09. The minimum Gasteiger partial charge on any atom is -0.394 e. The second-order valence-corrected chi connectivity index (χ2v) is 6.50. The van der Waals surface area contributed by atoms with Gasteiger partial charge in [-0.3, -0.25) is 9.36 Å². The summed E-state index contributed by atoms with van der Waals surface area (Å²) in [7, 11) is 0. The number of ether oxygens (including phenoxy) is 1. The Morgan fingerprint density at radius 2 is 2.14 bits per heavy atom. The van der Waals surface area contributed by atoms with Crippen LogP contribution in [-0.4, -0.2) is 82.5 Å². The van der Waals surface area contributed by atoms with Crippen LogP contribution in [0.3, 0.4) is 0 Å². The maximum Gasteiger partial charge on any atom is 0.254 e. The number of anilines is 2. The quantitative estimate of drug-likeness (QED) is 0.342. The summed E-state index contributed by atoms with van der Waals surface area (Å²) in [6.45, 7) is 1.84. The van der Waals surface area contributed by atoms with Crippen LogP contribution in [0.25, 0.3) is 17.1 Å². The first kappa shape index (κ1) is 19.2. The number of nitrogens with zero attached hydrogens (tertiary/aromatic N) is 7. The highest BCUT2D eigenvalue weighted by Crippen LogP contribution is 2.32. The van der Waals surface area contributed by atoms with Crippen LogP contribution >= 0.6 is 0 Å². The van der Waals surface area contributed by atoms with Gasteiger partial charge in [-0.25, -0.2) is 9.67 Å². The lowest BCUT2D eigenvalue weighted by atomic mass is 10.1. The van der Waals surface area contributed by atoms with Crippen LogP contribution in [0.15, 0.2) is 18.7 Å². The molecule has 1 aliphatic heterocycles. The van der Waals surface area contributed by atoms with Crippen LogP contribution in [0.4, 0.5) is 11.5 Å². The number of amides is 1. The van der Waals surface area contributed by atoms with E-state index >= 15 is 0 Å². The molecule has 5 N–H and O–H groups in total. The second kappa shape index (κ2) is 7.36. The van der Waals surface area contributed by atoms with Gasteiger partial charge in [0.1, 0.15) is 23.8 Å². The molecule has 0 saturated carbocycles. The first-order valence-electron chi connectivity index (χ1n) is 8.88. The maximum absolute atomic E-state index is 11.1. The summed E-state index contributed by atoms with van der Waals surface area (Å²) >= 11 is 0. The SMILES string of the molecule is CCN(C=O)c1cnn(-c2nc(N)c3ncn(C4O[C@H](CO)[C@@H](O)C4O)c3n2)c1. The fraction of sp³-hybridized carbons (Fsp3) is 0.438. The fourth-order valence-corrected chi connectivity index (χ4v) is 3.21. The van der Waals surface area contributed by atoms with Crippen LogP contribution < -0.4 is 10.6 Å². The average Bonchev–Trinajstić information content (AvgIpc) is 3.42. The van der Waals surface area contributed by atoms with Crippen LogP contribution in [0.2, 0.25) is 0 Å². The van der Waals surface area contributed by atoms with Crippen molar-refractivity contribution in [3.8, 4) is 5.95 Å². The van der Waals surface area contributed by atoms with Gasteiger partial charge in [0.15, 0.2) is 17.7 Å². The standard InChI is InChI=1S/C16H20N8O5/c1-2-22(7-26)8-3-19-24(4-8)16-20-13(17)10-14(21-16)23(6-18-10)15-12(28)11(27)9(5-25)29-15/h3-4,6-7,9,11-12,15,25,27-28H,2,5H2,1H3,(H2,17,20,21)/t9-,11-,12?,15?/m1/s1. The zero-order chi connectivity index (χ0) is 20.7. The largest absolute Gasteiger partial charge is 0.394 e. The van der Waals surface area contributed by atoms with Gasteiger partial charge in [-0.15, -0.1) is 0 Å². The lowest BCUT2D eigenvalue weighted by Gasteiger charge is -2.16. The van der Waals surface area contributed by atoms with E-state index < -0.39 is 31.1 Å². The molecular weight excluding hydrogens is 384 g/mol. The predicted molar refractivity (Wildman–Crippen MR) is 99.0 cm³/mol. The monoisotopic (exact) mass is 404 g/mol. The van der Waals surface area contributed by atoms with Gasteiger partial charge in [0.05, 0.1) is 31.0 Å². The van der Waals surface area contributed by atoms with Crippen LogP contribution in [0, 0.1) is 0 Å². The molecule has 3 aromatic heterocycles. The van der Waals surface area contributed by atoms with E-state index in [1.807, 2.05) is 6.92 Å². The Bertz CT molecular complexity index is 1040. The van der Waals surface area contributed by atoms with E-state index in [1.54, 1.807) is 6.20 Å². The number of aromatic nitrogens is 6. The number of nitrogen functional groups attached to an aromatic ring is 1. The molecule has 1 amide bonds. The summed E-state index contributed by atoms with van der Waals surface area (Å²) in [6, 6.07) is 0. The molecule has 1 aliphatic rings. The van der Waals surface area contributed by atoms with E-state index in [1.165, 1.54) is 26.7 Å². The van der Waals surface area contributed by atoms with Crippen molar-refractivity contribution in [1.29, 1.82) is 0 Å². The van der Waals surface area contributed by atoms with Crippen molar-refractivity contribution in [2.45, 2.75) is 31.5 Å². The maximum atomic E-state index is 11.1. The van der Waals surface area contributed by atoms with Crippen LogP contribution in [0.1, 0.15) is 13.2 Å². The molecule has 29 heavy (non-hydrogen) atoms. The van der Waals surface area contributed by atoms with E-state index in [0.29, 0.717) is 18.6 Å². The Labute approximate surface area is 164 Å². The summed E-state index contributed by atoms with van der Waals surface area (Å²) in [5.74, 6) is 0.201. The molecule has 4 heterocycles. The minimum atomic E-state index is -1.30. The van der Waals surface area contributed by atoms with Gasteiger partial charge in [0, 0.05) is 6.54 Å². The van der Waals surface area contributed by atoms with Crippen molar-refractivity contribution in [2.24, 2.45) is 0 Å². The predicted octanol–water partition coefficient (Wildman–Crippen LogP) is -1.81. The highest BCUT2D eigenvalue weighted by molar-refractivity contribution is 5.82. The molecule has 0 aliphatic carbocycles. The average molecular weight is 404 g/mol. The number of aliphatic hydroxyl groups is 3. The highest BCUT2D eigenvalue weighted by Gasteiger charge is 2.44. The molecule has 1 saturated heterocycles. The zero-order valence-corrected chi connectivity index (χ0v) is 15.4. The number of aliphatic hydroxyl groups excluding tert-OH is 3. The summed E-state index contributed by atoms with van der Waals surface area (Å²) in [6.07, 6.45) is 0.591. The Balaban J connectivity index is 1.76. The molecule has 4 rings (SSSR count). The zero-order valence-electron chi connectivity index (χ0n) is 15.4. The topological polar surface area (TPSA) is 178 Å². The molecule has 0 radical (unpaired) electrons. The lowest BCUT2D eigenvalue weighted by molar-refractivity contribution is -0.107. The fourth-order valence-electron chi connectivity index (χ4n) is 3.21. The summed E-state index contributed by atoms with van der Waals surface area (Å²) in [5.41, 5.74) is 7.10. The number of imidazole rings is 1. The van der Waals surface area contributed by atoms with Gasteiger partial charge in [0.25, 0.3) is 5.95 Å². The van der Waals surface area contributed by atoms with Gasteiger partial charge in [-0.05, 0) is 6.92 Å². The first-order chi connectivity index (χ1) is 14.0. The Hall–Kier alpha value is -3.13. The highest BCUT2D eigenvalue weighted by atomic mass is 16.6. The molecule has 2 unspecified atom stereocenters. The number of fused-ring (bicyclic) bond motifs is 1. The van der Waals surface area contributed by atoms with Crippen LogP contribution in [0.5, 0.6) is 0 Å². The van der Waals surface area contributed by atoms with Gasteiger partial charge < -0.3 is 30.7 Å². The molecule has 4 atom stereocenters. The summed E-state index contributed by atoms with van der Waals surface area (Å²) in [5, 5.41) is 33.8. The number of hydrogen-bond donors (Lipinski definition) is 4. The van der Waals surface area contributed by atoms with E-state index in [4.69, 9.17) is 10.5 Å². The lowest BCUT2D eigenvalue weighted by Crippen LogP contribution is -2.33. The molecule has 13 heteroatoms. The van der Waals surface area contributed by atoms with Crippen molar-refractivity contribution in [3.63, 3.8) is 0 Å². The number of hydrogen-bond acceptors (Lipinski definition) is 10. The normalized spacial score (nSPS) is 24.3. The summed E-state index contributed by atoms with van der Waals surface area (Å²) in [4.78, 5) is 25.3. The van der Waals surface area contributed by atoms with Crippen molar-refractivity contribution >= 4 is 29.1 Å². The van der Waals surface area contributed by atoms with Crippen molar-refractivity contribution in [2.75, 3.05) is 23.8 Å². The van der Waals surface area contributed by atoms with Gasteiger partial charge >= 0.3 is 0 Å². The third-order valence-corrected chi connectivity index (χ3v) is 4.80. The number of carbonyl (C=O) groups excluding carboxylic acids is 1. The molecule has 0 spiro atoms. The summed E-state index contributed by atoms with van der Waals surface area (Å²) < 4.78 is 8.31. The van der Waals surface area contributed by atoms with Gasteiger partial charge in [-0.2, -0.15) is 15.1 Å². The van der Waals surface area contributed by atoms with E-state index in [-0.39, 0.29) is 22.9 Å². The molecule has 0 aromatic carbocycles. The minimum absolute atomic E-state index is 0.0790. The molecule has 13 nitrogen and oxygen atoms in total. The molecule has 3 aromatic rings. The molecule has 0 bridgehead atoms. The number of nitrogens with two attached hydrogens (primary N) is 1.